The lowest BCUT2D eigenvalue weighted by Crippen LogP contribution is -2.36. The lowest BCUT2D eigenvalue weighted by atomic mass is 10.2. The first-order valence-corrected chi connectivity index (χ1v) is 5.58. The standard InChI is InChI=1S/C12H18N4O2/c1-16(2)8-7-14-15-9-13-11-5-3-10(4-6-11)12(17)18/h3-6,9,14H,7-8H2,1-2H3,(H,13,15)(H,17,18). The molecule has 0 spiro atoms. The van der Waals surface area contributed by atoms with Crippen molar-refractivity contribution in [1.29, 1.82) is 0 Å². The van der Waals surface area contributed by atoms with Crippen LogP contribution < -0.4 is 10.9 Å². The summed E-state index contributed by atoms with van der Waals surface area (Å²) < 4.78 is 0. The van der Waals surface area contributed by atoms with Crippen LogP contribution in [-0.2, 0) is 0 Å². The van der Waals surface area contributed by atoms with E-state index in [4.69, 9.17) is 5.11 Å². The maximum atomic E-state index is 10.6. The zero-order chi connectivity index (χ0) is 13.4. The van der Waals surface area contributed by atoms with Crippen molar-refractivity contribution in [2.75, 3.05) is 27.2 Å². The summed E-state index contributed by atoms with van der Waals surface area (Å²) in [4.78, 5) is 16.8. The van der Waals surface area contributed by atoms with Gasteiger partial charge in [0.15, 0.2) is 0 Å². The van der Waals surface area contributed by atoms with Crippen LogP contribution in [-0.4, -0.2) is 49.5 Å². The monoisotopic (exact) mass is 250 g/mol. The van der Waals surface area contributed by atoms with E-state index in [-0.39, 0.29) is 5.56 Å². The molecule has 1 rings (SSSR count). The quantitative estimate of drug-likeness (QED) is 0.287. The molecule has 0 aliphatic heterocycles. The summed E-state index contributed by atoms with van der Waals surface area (Å²) in [7, 11) is 4.00. The molecule has 3 N–H and O–H groups in total. The first-order chi connectivity index (χ1) is 8.59. The average molecular weight is 250 g/mol. The van der Waals surface area contributed by atoms with Gasteiger partial charge in [0.25, 0.3) is 0 Å². The Hall–Kier alpha value is -1.92. The first-order valence-electron chi connectivity index (χ1n) is 5.58. The normalized spacial score (nSPS) is 11.1. The van der Waals surface area contributed by atoms with Gasteiger partial charge in [-0.1, -0.05) is 0 Å². The molecule has 0 atom stereocenters. The van der Waals surface area contributed by atoms with E-state index in [9.17, 15) is 4.79 Å². The van der Waals surface area contributed by atoms with Gasteiger partial charge in [-0.25, -0.2) is 15.2 Å². The third-order valence-corrected chi connectivity index (χ3v) is 2.18. The molecule has 0 unspecified atom stereocenters. The molecule has 0 saturated heterocycles. The van der Waals surface area contributed by atoms with Crippen LogP contribution in [0.25, 0.3) is 0 Å². The molecule has 0 aliphatic rings. The Labute approximate surface area is 106 Å². The average Bonchev–Trinajstić information content (AvgIpc) is 2.34. The van der Waals surface area contributed by atoms with Crippen LogP contribution in [0.4, 0.5) is 5.69 Å². The summed E-state index contributed by atoms with van der Waals surface area (Å²) >= 11 is 0. The van der Waals surface area contributed by atoms with Crippen LogP contribution in [0.1, 0.15) is 10.4 Å². The zero-order valence-electron chi connectivity index (χ0n) is 10.6. The third-order valence-electron chi connectivity index (χ3n) is 2.18. The van der Waals surface area contributed by atoms with Gasteiger partial charge in [0, 0.05) is 13.1 Å². The van der Waals surface area contributed by atoms with Crippen LogP contribution in [0.15, 0.2) is 29.3 Å². The van der Waals surface area contributed by atoms with Crippen molar-refractivity contribution < 1.29 is 9.90 Å². The number of nitrogens with one attached hydrogen (secondary N) is 2. The Bertz CT molecular complexity index is 401. The number of nitrogens with zero attached hydrogens (tertiary/aromatic N) is 2. The number of benzene rings is 1. The molecular formula is C12H18N4O2. The van der Waals surface area contributed by atoms with Gasteiger partial charge in [-0.05, 0) is 38.4 Å². The lowest BCUT2D eigenvalue weighted by Gasteiger charge is -2.09. The SMILES string of the molecule is CN(C)CCNNC=Nc1ccc(C(=O)O)cc1. The molecule has 0 radical (unpaired) electrons. The summed E-state index contributed by atoms with van der Waals surface area (Å²) in [6.45, 7) is 1.73. The van der Waals surface area contributed by atoms with Gasteiger partial charge in [-0.3, -0.25) is 0 Å². The fourth-order valence-electron chi connectivity index (χ4n) is 1.19. The summed E-state index contributed by atoms with van der Waals surface area (Å²) in [6, 6.07) is 6.35. The minimum absolute atomic E-state index is 0.256. The number of aliphatic imine (C=N–C) groups is 1. The van der Waals surface area contributed by atoms with Gasteiger partial charge >= 0.3 is 5.97 Å². The molecular weight excluding hydrogens is 232 g/mol. The number of hydrogen-bond acceptors (Lipinski definition) is 4. The minimum atomic E-state index is -0.936. The van der Waals surface area contributed by atoms with Crippen LogP contribution in [0.5, 0.6) is 0 Å². The smallest absolute Gasteiger partial charge is 0.335 e. The Balaban J connectivity index is 2.31. The van der Waals surface area contributed by atoms with Crippen LogP contribution in [0.3, 0.4) is 0 Å². The summed E-state index contributed by atoms with van der Waals surface area (Å²) in [5, 5.41) is 8.73. The molecule has 6 nitrogen and oxygen atoms in total. The van der Waals surface area contributed by atoms with Crippen molar-refractivity contribution in [2.24, 2.45) is 4.99 Å². The minimum Gasteiger partial charge on any atom is -0.478 e. The number of carbonyl (C=O) groups is 1. The number of hydrogen-bond donors (Lipinski definition) is 3. The van der Waals surface area contributed by atoms with Crippen molar-refractivity contribution >= 4 is 18.0 Å². The first kappa shape index (κ1) is 14.1. The Kier molecular flexibility index (Phi) is 5.83. The summed E-state index contributed by atoms with van der Waals surface area (Å²) in [5.74, 6) is -0.936. The highest BCUT2D eigenvalue weighted by Crippen LogP contribution is 2.11. The molecule has 0 aromatic heterocycles. The van der Waals surface area contributed by atoms with Crippen molar-refractivity contribution in [3.63, 3.8) is 0 Å². The number of rotatable bonds is 7. The highest BCUT2D eigenvalue weighted by Gasteiger charge is 2.00. The lowest BCUT2D eigenvalue weighted by molar-refractivity contribution is 0.0697. The summed E-state index contributed by atoms with van der Waals surface area (Å²) in [6.07, 6.45) is 1.53. The second kappa shape index (κ2) is 7.41. The molecule has 1 aromatic carbocycles. The number of aromatic carboxylic acids is 1. The molecule has 98 valence electrons. The fraction of sp³-hybridized carbons (Fsp3) is 0.333. The van der Waals surface area contributed by atoms with E-state index in [1.165, 1.54) is 18.5 Å². The van der Waals surface area contributed by atoms with Gasteiger partial charge in [0.2, 0.25) is 0 Å². The topological polar surface area (TPSA) is 77.0 Å². The second-order valence-corrected chi connectivity index (χ2v) is 3.98. The number of hydrazine groups is 1. The van der Waals surface area contributed by atoms with Gasteiger partial charge in [-0.2, -0.15) is 0 Å². The molecule has 0 heterocycles. The van der Waals surface area contributed by atoms with E-state index in [1.807, 2.05) is 14.1 Å². The van der Waals surface area contributed by atoms with E-state index in [2.05, 4.69) is 20.7 Å². The van der Waals surface area contributed by atoms with Crippen LogP contribution >= 0.6 is 0 Å². The van der Waals surface area contributed by atoms with Crippen molar-refractivity contribution in [2.45, 2.75) is 0 Å². The molecule has 0 fully saturated rings. The van der Waals surface area contributed by atoms with Gasteiger partial charge in [0.05, 0.1) is 11.3 Å². The predicted octanol–water partition coefficient (Wildman–Crippen LogP) is 0.700. The third kappa shape index (κ3) is 5.42. The maximum absolute atomic E-state index is 10.6. The van der Waals surface area contributed by atoms with Crippen molar-refractivity contribution in [1.82, 2.24) is 15.8 Å². The highest BCUT2D eigenvalue weighted by molar-refractivity contribution is 5.87. The molecule has 0 bridgehead atoms. The Morgan fingerprint density at radius 2 is 2.06 bits per heavy atom. The van der Waals surface area contributed by atoms with E-state index < -0.39 is 5.97 Å². The highest BCUT2D eigenvalue weighted by atomic mass is 16.4. The van der Waals surface area contributed by atoms with E-state index in [0.29, 0.717) is 5.69 Å². The van der Waals surface area contributed by atoms with Crippen LogP contribution in [0.2, 0.25) is 0 Å². The molecule has 0 amide bonds. The number of likely N-dealkylation sites (N-methyl/N-ethyl adjacent to an activating group) is 1. The molecule has 18 heavy (non-hydrogen) atoms. The zero-order valence-corrected chi connectivity index (χ0v) is 10.6. The molecule has 1 aromatic rings. The van der Waals surface area contributed by atoms with Gasteiger partial charge in [0.1, 0.15) is 6.34 Å². The van der Waals surface area contributed by atoms with Crippen LogP contribution in [0, 0.1) is 0 Å². The van der Waals surface area contributed by atoms with E-state index >= 15 is 0 Å². The van der Waals surface area contributed by atoms with E-state index in [0.717, 1.165) is 13.1 Å². The van der Waals surface area contributed by atoms with Crippen molar-refractivity contribution in [3.8, 4) is 0 Å². The molecule has 0 aliphatic carbocycles. The largest absolute Gasteiger partial charge is 0.478 e. The predicted molar refractivity (Wildman–Crippen MR) is 71.2 cm³/mol. The number of carboxylic acids is 1. The van der Waals surface area contributed by atoms with E-state index in [1.54, 1.807) is 12.1 Å². The van der Waals surface area contributed by atoms with Gasteiger partial charge < -0.3 is 15.4 Å². The van der Waals surface area contributed by atoms with Gasteiger partial charge in [-0.15, -0.1) is 0 Å². The number of carboxylic acid groups (broad SMARTS) is 1. The molecule has 0 saturated carbocycles. The Morgan fingerprint density at radius 3 is 2.61 bits per heavy atom. The second-order valence-electron chi connectivity index (χ2n) is 3.98. The molecule has 6 heteroatoms. The maximum Gasteiger partial charge on any atom is 0.335 e. The fourth-order valence-corrected chi connectivity index (χ4v) is 1.19. The summed E-state index contributed by atoms with van der Waals surface area (Å²) in [5.41, 5.74) is 6.78. The van der Waals surface area contributed by atoms with Crippen molar-refractivity contribution in [3.05, 3.63) is 29.8 Å². The Morgan fingerprint density at radius 1 is 1.39 bits per heavy atom.